The van der Waals surface area contributed by atoms with E-state index in [0.29, 0.717) is 12.5 Å². The van der Waals surface area contributed by atoms with Gasteiger partial charge in [-0.15, -0.1) is 0 Å². The van der Waals surface area contributed by atoms with E-state index in [9.17, 15) is 4.79 Å². The molecule has 0 aliphatic carbocycles. The van der Waals surface area contributed by atoms with Gasteiger partial charge in [0.2, 0.25) is 5.91 Å². The summed E-state index contributed by atoms with van der Waals surface area (Å²) in [5, 5.41) is 3.71. The van der Waals surface area contributed by atoms with Crippen molar-refractivity contribution in [2.24, 2.45) is 7.05 Å². The van der Waals surface area contributed by atoms with Gasteiger partial charge in [-0.1, -0.05) is 49.0 Å². The van der Waals surface area contributed by atoms with Gasteiger partial charge in [0, 0.05) is 26.0 Å². The van der Waals surface area contributed by atoms with Crippen molar-refractivity contribution in [2.75, 3.05) is 6.54 Å². The Kier molecular flexibility index (Phi) is 5.44. The monoisotopic (exact) mass is 303 g/mol. The fourth-order valence-corrected chi connectivity index (χ4v) is 2.83. The molecule has 0 fully saturated rings. The molecule has 4 nitrogen and oxygen atoms in total. The van der Waals surface area contributed by atoms with Crippen molar-refractivity contribution in [2.45, 2.75) is 30.2 Å². The van der Waals surface area contributed by atoms with Gasteiger partial charge < -0.3 is 9.88 Å². The molecule has 0 radical (unpaired) electrons. The van der Waals surface area contributed by atoms with Crippen LogP contribution in [0.25, 0.3) is 0 Å². The van der Waals surface area contributed by atoms with Crippen LogP contribution in [0.3, 0.4) is 0 Å². The number of amides is 1. The summed E-state index contributed by atoms with van der Waals surface area (Å²) in [6.45, 7) is 4.67. The van der Waals surface area contributed by atoms with Gasteiger partial charge >= 0.3 is 0 Å². The van der Waals surface area contributed by atoms with Crippen LogP contribution < -0.4 is 5.32 Å². The van der Waals surface area contributed by atoms with Crippen molar-refractivity contribution < 1.29 is 4.79 Å². The molecule has 5 heteroatoms. The standard InChI is InChI=1S/C16H21N3OS/c1-12(14-7-5-4-6-8-14)11-18-15(20)13(2)21-16-17-9-10-19(16)3/h4-10,12-13H,11H2,1-3H3,(H,18,20)/t12-,13+/m0/s1. The fourth-order valence-electron chi connectivity index (χ4n) is 1.97. The van der Waals surface area contributed by atoms with Gasteiger partial charge in [-0.3, -0.25) is 4.79 Å². The molecule has 2 atom stereocenters. The van der Waals surface area contributed by atoms with Crippen molar-refractivity contribution in [1.82, 2.24) is 14.9 Å². The molecular weight excluding hydrogens is 282 g/mol. The number of carbonyl (C=O) groups excluding carboxylic acids is 1. The number of hydrogen-bond acceptors (Lipinski definition) is 3. The van der Waals surface area contributed by atoms with E-state index in [4.69, 9.17) is 0 Å². The van der Waals surface area contributed by atoms with Gasteiger partial charge in [-0.25, -0.2) is 4.98 Å². The first-order valence-electron chi connectivity index (χ1n) is 7.04. The number of thioether (sulfide) groups is 1. The van der Waals surface area contributed by atoms with E-state index in [1.165, 1.54) is 17.3 Å². The van der Waals surface area contributed by atoms with E-state index in [-0.39, 0.29) is 11.2 Å². The molecule has 21 heavy (non-hydrogen) atoms. The van der Waals surface area contributed by atoms with Gasteiger partial charge in [-0.05, 0) is 18.4 Å². The quantitative estimate of drug-likeness (QED) is 0.835. The van der Waals surface area contributed by atoms with Crippen LogP contribution in [0.5, 0.6) is 0 Å². The lowest BCUT2D eigenvalue weighted by atomic mass is 10.0. The summed E-state index contributed by atoms with van der Waals surface area (Å²) in [5.41, 5.74) is 1.24. The Morgan fingerprint density at radius 3 is 2.67 bits per heavy atom. The minimum absolute atomic E-state index is 0.0470. The molecule has 0 unspecified atom stereocenters. The Bertz CT molecular complexity index is 582. The fraction of sp³-hybridized carbons (Fsp3) is 0.375. The number of nitrogens with one attached hydrogen (secondary N) is 1. The van der Waals surface area contributed by atoms with Crippen LogP contribution in [0.2, 0.25) is 0 Å². The first-order chi connectivity index (χ1) is 10.1. The smallest absolute Gasteiger partial charge is 0.233 e. The Hall–Kier alpha value is -1.75. The van der Waals surface area contributed by atoms with Crippen LogP contribution in [0, 0.1) is 0 Å². The predicted molar refractivity (Wildman–Crippen MR) is 86.4 cm³/mol. The maximum atomic E-state index is 12.1. The number of imidazole rings is 1. The first-order valence-corrected chi connectivity index (χ1v) is 7.92. The predicted octanol–water partition coefficient (Wildman–Crippen LogP) is 2.82. The SMILES string of the molecule is C[C@@H](Sc1nccn1C)C(=O)NC[C@H](C)c1ccccc1. The molecule has 112 valence electrons. The summed E-state index contributed by atoms with van der Waals surface area (Å²) >= 11 is 1.47. The van der Waals surface area contributed by atoms with Gasteiger partial charge in [0.1, 0.15) is 0 Å². The third-order valence-corrected chi connectivity index (χ3v) is 4.55. The summed E-state index contributed by atoms with van der Waals surface area (Å²) in [4.78, 5) is 16.4. The van der Waals surface area contributed by atoms with Gasteiger partial charge in [0.05, 0.1) is 5.25 Å². The number of benzene rings is 1. The summed E-state index contributed by atoms with van der Waals surface area (Å²) in [5.74, 6) is 0.353. The van der Waals surface area contributed by atoms with Crippen molar-refractivity contribution in [3.05, 3.63) is 48.3 Å². The van der Waals surface area contributed by atoms with Crippen LogP contribution in [-0.4, -0.2) is 27.3 Å². The summed E-state index contributed by atoms with van der Waals surface area (Å²) in [7, 11) is 1.93. The average Bonchev–Trinajstić information content (AvgIpc) is 2.90. The lowest BCUT2D eigenvalue weighted by Crippen LogP contribution is -2.33. The highest BCUT2D eigenvalue weighted by atomic mass is 32.2. The van der Waals surface area contributed by atoms with Crippen LogP contribution in [-0.2, 0) is 11.8 Å². The molecule has 0 spiro atoms. The molecule has 0 aliphatic rings. The van der Waals surface area contributed by atoms with Crippen molar-refractivity contribution >= 4 is 17.7 Å². The summed E-state index contributed by atoms with van der Waals surface area (Å²) < 4.78 is 1.92. The van der Waals surface area contributed by atoms with Crippen LogP contribution in [0.4, 0.5) is 0 Å². The molecule has 2 rings (SSSR count). The molecule has 1 aromatic heterocycles. The van der Waals surface area contributed by atoms with E-state index < -0.39 is 0 Å². The summed E-state index contributed by atoms with van der Waals surface area (Å²) in [6.07, 6.45) is 3.62. The highest BCUT2D eigenvalue weighted by Gasteiger charge is 2.17. The van der Waals surface area contributed by atoms with Crippen LogP contribution in [0.15, 0.2) is 47.9 Å². The van der Waals surface area contributed by atoms with E-state index in [1.54, 1.807) is 6.20 Å². The Morgan fingerprint density at radius 1 is 1.33 bits per heavy atom. The molecule has 1 heterocycles. The number of rotatable bonds is 6. The minimum atomic E-state index is -0.158. The second-order valence-electron chi connectivity index (χ2n) is 5.14. The number of aryl methyl sites for hydroxylation is 1. The van der Waals surface area contributed by atoms with Crippen molar-refractivity contribution in [1.29, 1.82) is 0 Å². The second-order valence-corrected chi connectivity index (χ2v) is 6.45. The highest BCUT2D eigenvalue weighted by Crippen LogP contribution is 2.21. The topological polar surface area (TPSA) is 46.9 Å². The van der Waals surface area contributed by atoms with Crippen LogP contribution >= 0.6 is 11.8 Å². The maximum absolute atomic E-state index is 12.1. The minimum Gasteiger partial charge on any atom is -0.355 e. The molecule has 0 saturated heterocycles. The van der Waals surface area contributed by atoms with E-state index >= 15 is 0 Å². The Morgan fingerprint density at radius 2 is 2.05 bits per heavy atom. The molecule has 0 saturated carbocycles. The normalized spacial score (nSPS) is 13.7. The zero-order valence-corrected chi connectivity index (χ0v) is 13.4. The third-order valence-electron chi connectivity index (χ3n) is 3.38. The van der Waals surface area contributed by atoms with Crippen molar-refractivity contribution in [3.63, 3.8) is 0 Å². The molecule has 1 aromatic carbocycles. The van der Waals surface area contributed by atoms with E-state index in [0.717, 1.165) is 5.16 Å². The van der Waals surface area contributed by atoms with E-state index in [1.807, 2.05) is 42.9 Å². The molecule has 1 amide bonds. The zero-order chi connectivity index (χ0) is 15.2. The largest absolute Gasteiger partial charge is 0.355 e. The number of carbonyl (C=O) groups is 1. The van der Waals surface area contributed by atoms with E-state index in [2.05, 4.69) is 29.4 Å². The highest BCUT2D eigenvalue weighted by molar-refractivity contribution is 8.00. The van der Waals surface area contributed by atoms with Crippen molar-refractivity contribution in [3.8, 4) is 0 Å². The Balaban J connectivity index is 1.83. The number of aromatic nitrogens is 2. The average molecular weight is 303 g/mol. The van der Waals surface area contributed by atoms with Gasteiger partial charge in [-0.2, -0.15) is 0 Å². The zero-order valence-electron chi connectivity index (χ0n) is 12.6. The first kappa shape index (κ1) is 15.6. The lowest BCUT2D eigenvalue weighted by molar-refractivity contribution is -0.120. The maximum Gasteiger partial charge on any atom is 0.233 e. The Labute approximate surface area is 130 Å². The molecule has 0 bridgehead atoms. The molecular formula is C16H21N3OS. The summed E-state index contributed by atoms with van der Waals surface area (Å²) in [6, 6.07) is 10.2. The van der Waals surface area contributed by atoms with Gasteiger partial charge in [0.25, 0.3) is 0 Å². The number of nitrogens with zero attached hydrogens (tertiary/aromatic N) is 2. The molecule has 0 aliphatic heterocycles. The molecule has 1 N–H and O–H groups in total. The lowest BCUT2D eigenvalue weighted by Gasteiger charge is -2.15. The number of hydrogen-bond donors (Lipinski definition) is 1. The molecule has 2 aromatic rings. The second kappa shape index (κ2) is 7.31. The third kappa shape index (κ3) is 4.36. The van der Waals surface area contributed by atoms with Crippen LogP contribution in [0.1, 0.15) is 25.3 Å². The van der Waals surface area contributed by atoms with Gasteiger partial charge in [0.15, 0.2) is 5.16 Å².